The molecule has 0 saturated heterocycles. The Bertz CT molecular complexity index is 324. The van der Waals surface area contributed by atoms with Crippen LogP contribution in [0.2, 0.25) is 0 Å². The predicted molar refractivity (Wildman–Crippen MR) is 41.6 cm³/mol. The topological polar surface area (TPSA) is 87.9 Å². The van der Waals surface area contributed by atoms with Gasteiger partial charge in [-0.1, -0.05) is 23.2 Å². The first-order valence-electron chi connectivity index (χ1n) is 3.44. The zero-order valence-electron chi connectivity index (χ0n) is 6.78. The van der Waals surface area contributed by atoms with Crippen molar-refractivity contribution in [2.45, 2.75) is 0 Å². The standard InChI is InChI=1S/C7H5NO6/c9-7(13-14-8(10)11)12-6-4-2-1-3-5-6/h1-5H. The lowest BCUT2D eigenvalue weighted by Gasteiger charge is -2.00. The van der Waals surface area contributed by atoms with Gasteiger partial charge in [0.05, 0.1) is 0 Å². The van der Waals surface area contributed by atoms with Crippen LogP contribution in [-0.4, -0.2) is 11.2 Å². The number of benzene rings is 1. The van der Waals surface area contributed by atoms with Crippen LogP contribution in [0.15, 0.2) is 30.3 Å². The van der Waals surface area contributed by atoms with Gasteiger partial charge in [0, 0.05) is 0 Å². The van der Waals surface area contributed by atoms with Crippen molar-refractivity contribution in [2.24, 2.45) is 0 Å². The second-order valence-corrected chi connectivity index (χ2v) is 2.05. The van der Waals surface area contributed by atoms with Crippen LogP contribution in [0, 0.1) is 10.1 Å². The summed E-state index contributed by atoms with van der Waals surface area (Å²) in [4.78, 5) is 27.2. The first-order valence-corrected chi connectivity index (χ1v) is 3.44. The van der Waals surface area contributed by atoms with E-state index in [9.17, 15) is 14.9 Å². The summed E-state index contributed by atoms with van der Waals surface area (Å²) < 4.78 is 4.47. The first-order chi connectivity index (χ1) is 6.68. The molecule has 0 aliphatic rings. The number of hydrogen-bond donors (Lipinski definition) is 0. The number of rotatable bonds is 3. The van der Waals surface area contributed by atoms with E-state index in [1.807, 2.05) is 0 Å². The molecule has 0 unspecified atom stereocenters. The number of hydrogen-bond acceptors (Lipinski definition) is 6. The Balaban J connectivity index is 2.38. The molecule has 0 heterocycles. The normalized spacial score (nSPS) is 8.86. The summed E-state index contributed by atoms with van der Waals surface area (Å²) in [6, 6.07) is 7.92. The molecule has 0 amide bonds. The van der Waals surface area contributed by atoms with Gasteiger partial charge in [0.1, 0.15) is 5.75 Å². The van der Waals surface area contributed by atoms with Crippen LogP contribution >= 0.6 is 0 Å². The van der Waals surface area contributed by atoms with E-state index in [4.69, 9.17) is 0 Å². The molecule has 7 heteroatoms. The molecule has 74 valence electrons. The maximum absolute atomic E-state index is 10.6. The van der Waals surface area contributed by atoms with Crippen LogP contribution in [-0.2, 0) is 9.88 Å². The molecule has 0 spiro atoms. The van der Waals surface area contributed by atoms with Gasteiger partial charge in [0.25, 0.3) is 0 Å². The third kappa shape index (κ3) is 3.39. The Hall–Kier alpha value is -2.31. The summed E-state index contributed by atoms with van der Waals surface area (Å²) >= 11 is 0. The van der Waals surface area contributed by atoms with Gasteiger partial charge in [-0.3, -0.25) is 0 Å². The Labute approximate surface area is 77.8 Å². The van der Waals surface area contributed by atoms with E-state index in [1.54, 1.807) is 18.2 Å². The van der Waals surface area contributed by atoms with E-state index >= 15 is 0 Å². The summed E-state index contributed by atoms with van der Waals surface area (Å²) in [7, 11) is 0. The minimum atomic E-state index is -1.31. The van der Waals surface area contributed by atoms with Crippen LogP contribution in [0.4, 0.5) is 4.79 Å². The van der Waals surface area contributed by atoms with Gasteiger partial charge in [-0.2, -0.15) is 0 Å². The maximum atomic E-state index is 10.6. The molecular weight excluding hydrogens is 194 g/mol. The fraction of sp³-hybridized carbons (Fsp3) is 0. The first kappa shape index (κ1) is 9.78. The average molecular weight is 199 g/mol. The van der Waals surface area contributed by atoms with Gasteiger partial charge < -0.3 is 4.74 Å². The lowest BCUT2D eigenvalue weighted by atomic mass is 10.3. The molecule has 1 rings (SSSR count). The van der Waals surface area contributed by atoms with Crippen LogP contribution in [0.3, 0.4) is 0 Å². The smallest absolute Gasteiger partial charge is 0.393 e. The van der Waals surface area contributed by atoms with Crippen molar-refractivity contribution in [2.75, 3.05) is 0 Å². The molecule has 0 aromatic heterocycles. The van der Waals surface area contributed by atoms with Crippen LogP contribution in [0.25, 0.3) is 0 Å². The van der Waals surface area contributed by atoms with Gasteiger partial charge in [0.2, 0.25) is 0 Å². The van der Waals surface area contributed by atoms with Gasteiger partial charge >= 0.3 is 11.2 Å². The number of nitrogens with zero attached hydrogens (tertiary/aromatic N) is 1. The van der Waals surface area contributed by atoms with Crippen molar-refractivity contribution in [3.63, 3.8) is 0 Å². The highest BCUT2D eigenvalue weighted by molar-refractivity contribution is 5.62. The average Bonchev–Trinajstić information content (AvgIpc) is 2.16. The molecular formula is C7H5NO6. The molecule has 7 nitrogen and oxygen atoms in total. The van der Waals surface area contributed by atoms with E-state index in [1.165, 1.54) is 12.1 Å². The molecule has 0 radical (unpaired) electrons. The number of para-hydroxylation sites is 1. The second-order valence-electron chi connectivity index (χ2n) is 2.05. The largest absolute Gasteiger partial charge is 0.546 e. The summed E-state index contributed by atoms with van der Waals surface area (Å²) in [6.07, 6.45) is -1.31. The van der Waals surface area contributed by atoms with Gasteiger partial charge in [-0.05, 0) is 12.1 Å². The van der Waals surface area contributed by atoms with Crippen molar-refractivity contribution in [1.29, 1.82) is 0 Å². The molecule has 1 aromatic rings. The van der Waals surface area contributed by atoms with E-state index in [0.29, 0.717) is 0 Å². The highest BCUT2D eigenvalue weighted by atomic mass is 17.4. The van der Waals surface area contributed by atoms with Crippen molar-refractivity contribution in [1.82, 2.24) is 0 Å². The van der Waals surface area contributed by atoms with Gasteiger partial charge in [-0.15, -0.1) is 10.1 Å². The maximum Gasteiger partial charge on any atom is 0.546 e. The summed E-state index contributed by atoms with van der Waals surface area (Å²) in [6.45, 7) is 0. The monoisotopic (exact) mass is 199 g/mol. The highest BCUT2D eigenvalue weighted by Crippen LogP contribution is 2.08. The summed E-state index contributed by atoms with van der Waals surface area (Å²) in [5.41, 5.74) is 0. The minimum Gasteiger partial charge on any atom is -0.393 e. The Morgan fingerprint density at radius 3 is 2.50 bits per heavy atom. The predicted octanol–water partition coefficient (Wildman–Crippen LogP) is 1.33. The second kappa shape index (κ2) is 4.65. The van der Waals surface area contributed by atoms with Crippen molar-refractivity contribution in [3.8, 4) is 5.75 Å². The lowest BCUT2D eigenvalue weighted by molar-refractivity contribution is -0.840. The molecule has 0 bridgehead atoms. The Morgan fingerprint density at radius 2 is 1.93 bits per heavy atom. The third-order valence-corrected chi connectivity index (χ3v) is 1.11. The summed E-state index contributed by atoms with van der Waals surface area (Å²) in [5, 5.41) is 8.34. The van der Waals surface area contributed by atoms with E-state index < -0.39 is 11.2 Å². The summed E-state index contributed by atoms with van der Waals surface area (Å²) in [5.74, 6) is 0.199. The zero-order valence-corrected chi connectivity index (χ0v) is 6.78. The fourth-order valence-electron chi connectivity index (χ4n) is 0.663. The quantitative estimate of drug-likeness (QED) is 0.240. The van der Waals surface area contributed by atoms with E-state index in [-0.39, 0.29) is 5.75 Å². The molecule has 0 fully saturated rings. The van der Waals surface area contributed by atoms with Crippen LogP contribution < -0.4 is 4.74 Å². The SMILES string of the molecule is O=C(OO[N+](=O)[O-])Oc1ccccc1. The fourth-order valence-corrected chi connectivity index (χ4v) is 0.663. The van der Waals surface area contributed by atoms with Crippen LogP contribution in [0.1, 0.15) is 0 Å². The Kier molecular flexibility index (Phi) is 3.25. The van der Waals surface area contributed by atoms with E-state index in [2.05, 4.69) is 14.6 Å². The van der Waals surface area contributed by atoms with E-state index in [0.717, 1.165) is 0 Å². The molecule has 0 aliphatic heterocycles. The zero-order chi connectivity index (χ0) is 10.4. The van der Waals surface area contributed by atoms with Gasteiger partial charge in [-0.25, -0.2) is 9.68 Å². The molecule has 0 saturated carbocycles. The molecule has 0 N–H and O–H groups in total. The molecule has 0 aliphatic carbocycles. The molecule has 0 atom stereocenters. The third-order valence-electron chi connectivity index (χ3n) is 1.11. The Morgan fingerprint density at radius 1 is 1.29 bits per heavy atom. The van der Waals surface area contributed by atoms with Gasteiger partial charge in [0.15, 0.2) is 0 Å². The van der Waals surface area contributed by atoms with Crippen molar-refractivity contribution < 1.29 is 24.5 Å². The minimum absolute atomic E-state index is 0.199. The number of carbonyl (C=O) groups excluding carboxylic acids is 1. The molecule has 14 heavy (non-hydrogen) atoms. The number of carbonyl (C=O) groups is 1. The van der Waals surface area contributed by atoms with Crippen molar-refractivity contribution >= 4 is 6.16 Å². The molecule has 1 aromatic carbocycles. The lowest BCUT2D eigenvalue weighted by Crippen LogP contribution is -2.13. The number of ether oxygens (including phenoxy) is 1. The van der Waals surface area contributed by atoms with Crippen LogP contribution in [0.5, 0.6) is 5.75 Å². The highest BCUT2D eigenvalue weighted by Gasteiger charge is 2.08. The van der Waals surface area contributed by atoms with Crippen molar-refractivity contribution in [3.05, 3.63) is 40.4 Å².